The second kappa shape index (κ2) is 3.14. The fraction of sp³-hybridized carbons (Fsp3) is 0.900. The smallest absolute Gasteiger partial charge is 0.267 e. The van der Waals surface area contributed by atoms with Gasteiger partial charge in [0.1, 0.15) is 5.41 Å². The molecule has 2 rings (SSSR count). The molecule has 2 atom stereocenters. The SMILES string of the molecule is CN(C)C(=O)C12CCC(CNC1)C2(F)F. The number of alkyl halides is 2. The predicted octanol–water partition coefficient (Wildman–Crippen LogP) is 0.709. The lowest BCUT2D eigenvalue weighted by atomic mass is 9.78. The van der Waals surface area contributed by atoms with Crippen LogP contribution in [0.25, 0.3) is 0 Å². The molecule has 2 aliphatic rings. The van der Waals surface area contributed by atoms with Crippen molar-refractivity contribution in [2.24, 2.45) is 11.3 Å². The molecule has 1 saturated carbocycles. The molecular weight excluding hydrogens is 202 g/mol. The van der Waals surface area contributed by atoms with Crippen LogP contribution in [0.5, 0.6) is 0 Å². The molecule has 1 aliphatic heterocycles. The first-order chi connectivity index (χ1) is 6.92. The Balaban J connectivity index is 2.37. The number of carbonyl (C=O) groups excluding carboxylic acids is 1. The van der Waals surface area contributed by atoms with Crippen LogP contribution in [-0.2, 0) is 4.79 Å². The molecule has 15 heavy (non-hydrogen) atoms. The maximum absolute atomic E-state index is 14.0. The Bertz CT molecular complexity index is 289. The molecule has 2 unspecified atom stereocenters. The van der Waals surface area contributed by atoms with Gasteiger partial charge in [0, 0.05) is 33.1 Å². The van der Waals surface area contributed by atoms with E-state index in [1.54, 1.807) is 0 Å². The summed E-state index contributed by atoms with van der Waals surface area (Å²) in [5.74, 6) is -3.96. The minimum absolute atomic E-state index is 0.105. The van der Waals surface area contributed by atoms with Crippen LogP contribution in [0.1, 0.15) is 12.8 Å². The molecule has 2 fully saturated rings. The van der Waals surface area contributed by atoms with Gasteiger partial charge in [0.05, 0.1) is 0 Å². The molecule has 5 heteroatoms. The molecule has 1 heterocycles. The largest absolute Gasteiger partial charge is 0.348 e. The van der Waals surface area contributed by atoms with Crippen molar-refractivity contribution in [3.8, 4) is 0 Å². The first kappa shape index (κ1) is 10.8. The Morgan fingerprint density at radius 1 is 1.47 bits per heavy atom. The fourth-order valence-corrected chi connectivity index (χ4v) is 2.81. The van der Waals surface area contributed by atoms with Crippen molar-refractivity contribution in [3.63, 3.8) is 0 Å². The molecule has 3 nitrogen and oxygen atoms in total. The number of hydrogen-bond donors (Lipinski definition) is 1. The van der Waals surface area contributed by atoms with Crippen molar-refractivity contribution in [2.45, 2.75) is 18.8 Å². The molecule has 2 bridgehead atoms. The van der Waals surface area contributed by atoms with E-state index >= 15 is 0 Å². The number of halogens is 2. The Labute approximate surface area is 87.8 Å². The number of carbonyl (C=O) groups is 1. The van der Waals surface area contributed by atoms with E-state index in [1.165, 1.54) is 19.0 Å². The van der Waals surface area contributed by atoms with E-state index in [2.05, 4.69) is 5.32 Å². The summed E-state index contributed by atoms with van der Waals surface area (Å²) < 4.78 is 28.1. The maximum atomic E-state index is 14.0. The normalized spacial score (nSPS) is 37.7. The van der Waals surface area contributed by atoms with Gasteiger partial charge in [-0.1, -0.05) is 0 Å². The summed E-state index contributed by atoms with van der Waals surface area (Å²) in [6, 6.07) is 0. The zero-order chi connectivity index (χ0) is 11.3. The van der Waals surface area contributed by atoms with E-state index in [0.717, 1.165) is 0 Å². The zero-order valence-electron chi connectivity index (χ0n) is 9.02. The lowest BCUT2D eigenvalue weighted by Crippen LogP contribution is -2.60. The van der Waals surface area contributed by atoms with Gasteiger partial charge in [-0.3, -0.25) is 4.79 Å². The topological polar surface area (TPSA) is 32.3 Å². The third kappa shape index (κ3) is 1.22. The van der Waals surface area contributed by atoms with Gasteiger partial charge in [-0.2, -0.15) is 0 Å². The van der Waals surface area contributed by atoms with Crippen LogP contribution in [0.2, 0.25) is 0 Å². The molecule has 86 valence electrons. The zero-order valence-corrected chi connectivity index (χ0v) is 9.02. The first-order valence-electron chi connectivity index (χ1n) is 5.22. The summed E-state index contributed by atoms with van der Waals surface area (Å²) in [6.45, 7) is 0.434. The van der Waals surface area contributed by atoms with Gasteiger partial charge in [-0.25, -0.2) is 8.78 Å². The fourth-order valence-electron chi connectivity index (χ4n) is 2.81. The van der Waals surface area contributed by atoms with Crippen LogP contribution < -0.4 is 5.32 Å². The third-order valence-corrected chi connectivity index (χ3v) is 3.70. The highest BCUT2D eigenvalue weighted by Gasteiger charge is 2.68. The summed E-state index contributed by atoms with van der Waals surface area (Å²) in [5.41, 5.74) is -1.49. The van der Waals surface area contributed by atoms with Gasteiger partial charge in [0.25, 0.3) is 5.92 Å². The average Bonchev–Trinajstić information content (AvgIpc) is 2.39. The highest BCUT2D eigenvalue weighted by Crippen LogP contribution is 2.55. The van der Waals surface area contributed by atoms with Crippen molar-refractivity contribution < 1.29 is 13.6 Å². The summed E-state index contributed by atoms with van der Waals surface area (Å²) >= 11 is 0. The lowest BCUT2D eigenvalue weighted by molar-refractivity contribution is -0.176. The van der Waals surface area contributed by atoms with Gasteiger partial charge >= 0.3 is 0 Å². The van der Waals surface area contributed by atoms with Crippen LogP contribution in [0, 0.1) is 11.3 Å². The Morgan fingerprint density at radius 3 is 2.73 bits per heavy atom. The van der Waals surface area contributed by atoms with Crippen molar-refractivity contribution >= 4 is 5.91 Å². The van der Waals surface area contributed by atoms with Crippen LogP contribution in [0.15, 0.2) is 0 Å². The minimum Gasteiger partial charge on any atom is -0.348 e. The van der Waals surface area contributed by atoms with Gasteiger partial charge < -0.3 is 10.2 Å². The van der Waals surface area contributed by atoms with E-state index < -0.39 is 23.2 Å². The molecule has 0 spiro atoms. The van der Waals surface area contributed by atoms with Crippen molar-refractivity contribution in [1.29, 1.82) is 0 Å². The lowest BCUT2D eigenvalue weighted by Gasteiger charge is -2.41. The standard InChI is InChI=1S/C10H16F2N2O/c1-14(2)8(15)9-4-3-7(5-13-6-9)10(9,11)12/h7,13H,3-6H2,1-2H3. The Morgan fingerprint density at radius 2 is 2.13 bits per heavy atom. The summed E-state index contributed by atoms with van der Waals surface area (Å²) in [6.07, 6.45) is 0.744. The molecule has 1 amide bonds. The van der Waals surface area contributed by atoms with Crippen molar-refractivity contribution in [3.05, 3.63) is 0 Å². The van der Waals surface area contributed by atoms with E-state index in [9.17, 15) is 13.6 Å². The molecule has 1 saturated heterocycles. The highest BCUT2D eigenvalue weighted by molar-refractivity contribution is 5.84. The minimum atomic E-state index is -2.85. The second-order valence-corrected chi connectivity index (χ2v) is 4.77. The summed E-state index contributed by atoms with van der Waals surface area (Å²) in [5, 5.41) is 2.95. The molecular formula is C10H16F2N2O. The van der Waals surface area contributed by atoms with Crippen molar-refractivity contribution in [2.75, 3.05) is 27.2 Å². The van der Waals surface area contributed by atoms with Gasteiger partial charge in [0.2, 0.25) is 5.91 Å². The first-order valence-corrected chi connectivity index (χ1v) is 5.22. The second-order valence-electron chi connectivity index (χ2n) is 4.77. The number of rotatable bonds is 1. The maximum Gasteiger partial charge on any atom is 0.267 e. The third-order valence-electron chi connectivity index (χ3n) is 3.70. The highest BCUT2D eigenvalue weighted by atomic mass is 19.3. The van der Waals surface area contributed by atoms with Crippen molar-refractivity contribution in [1.82, 2.24) is 10.2 Å². The van der Waals surface area contributed by atoms with Crippen LogP contribution in [0.4, 0.5) is 8.78 Å². The van der Waals surface area contributed by atoms with Gasteiger partial charge in [-0.05, 0) is 12.8 Å². The Hall–Kier alpha value is -0.710. The quantitative estimate of drug-likeness (QED) is 0.703. The van der Waals surface area contributed by atoms with Crippen LogP contribution in [0.3, 0.4) is 0 Å². The number of nitrogens with zero attached hydrogens (tertiary/aromatic N) is 1. The van der Waals surface area contributed by atoms with Crippen LogP contribution >= 0.6 is 0 Å². The van der Waals surface area contributed by atoms with Gasteiger partial charge in [0.15, 0.2) is 0 Å². The molecule has 0 aromatic rings. The average molecular weight is 218 g/mol. The molecule has 1 aliphatic carbocycles. The summed E-state index contributed by atoms with van der Waals surface area (Å²) in [4.78, 5) is 13.2. The number of fused-ring (bicyclic) bond motifs is 2. The van der Waals surface area contributed by atoms with Gasteiger partial charge in [-0.15, -0.1) is 0 Å². The summed E-state index contributed by atoms with van der Waals surface area (Å²) in [7, 11) is 3.07. The predicted molar refractivity (Wildman–Crippen MR) is 51.7 cm³/mol. The monoisotopic (exact) mass is 218 g/mol. The molecule has 0 radical (unpaired) electrons. The molecule has 1 N–H and O–H groups in total. The Kier molecular flexibility index (Phi) is 2.26. The number of hydrogen-bond acceptors (Lipinski definition) is 2. The van der Waals surface area contributed by atoms with Crippen LogP contribution in [-0.4, -0.2) is 43.9 Å². The number of nitrogens with one attached hydrogen (secondary N) is 1. The molecule has 0 aromatic heterocycles. The molecule has 0 aromatic carbocycles. The number of piperidine rings is 1. The number of amides is 1. The van der Waals surface area contributed by atoms with E-state index in [0.29, 0.717) is 19.4 Å². The van der Waals surface area contributed by atoms with E-state index in [1.807, 2.05) is 0 Å². The van der Waals surface area contributed by atoms with E-state index in [-0.39, 0.29) is 6.54 Å². The van der Waals surface area contributed by atoms with E-state index in [4.69, 9.17) is 0 Å².